The van der Waals surface area contributed by atoms with Gasteiger partial charge in [0.25, 0.3) is 0 Å². The summed E-state index contributed by atoms with van der Waals surface area (Å²) < 4.78 is 3.66. The van der Waals surface area contributed by atoms with Crippen LogP contribution in [0.15, 0.2) is 54.7 Å². The third kappa shape index (κ3) is 5.68. The average molecular weight is 520 g/mol. The second kappa shape index (κ2) is 10.1. The summed E-state index contributed by atoms with van der Waals surface area (Å²) in [4.78, 5) is 0. The molecular weight excluding hydrogens is 499 g/mol. The molecule has 0 bridgehead atoms. The standard InChI is InChI=1S/C23H21Cl3N6S/c1-14-21(15(2)32(29-14)12-17-8-9-18(24)19(25)10-17)27-23(33)28-22-20(26)13-31(30-22)11-16-6-4-3-5-7-16/h3-10,13H,11-12H2,1-2H3,(H2,27,28,30,33). The third-order valence-corrected chi connectivity index (χ3v) is 6.29. The molecule has 0 radical (unpaired) electrons. The fraction of sp³-hybridized carbons (Fsp3) is 0.174. The first kappa shape index (κ1) is 23.6. The maximum Gasteiger partial charge on any atom is 0.176 e. The highest BCUT2D eigenvalue weighted by Gasteiger charge is 2.15. The van der Waals surface area contributed by atoms with E-state index in [1.165, 1.54) is 0 Å². The average Bonchev–Trinajstić information content (AvgIpc) is 3.24. The van der Waals surface area contributed by atoms with Crippen molar-refractivity contribution in [3.8, 4) is 0 Å². The Morgan fingerprint density at radius 1 is 0.879 bits per heavy atom. The van der Waals surface area contributed by atoms with Crippen molar-refractivity contribution in [1.82, 2.24) is 19.6 Å². The van der Waals surface area contributed by atoms with E-state index in [4.69, 9.17) is 47.0 Å². The molecule has 0 aliphatic heterocycles. The summed E-state index contributed by atoms with van der Waals surface area (Å²) in [5.74, 6) is 0.489. The second-order valence-electron chi connectivity index (χ2n) is 7.54. The number of aryl methyl sites for hydroxylation is 1. The van der Waals surface area contributed by atoms with Crippen molar-refractivity contribution in [2.24, 2.45) is 0 Å². The third-order valence-electron chi connectivity index (χ3n) is 5.07. The molecule has 10 heteroatoms. The molecule has 0 spiro atoms. The molecule has 0 atom stereocenters. The number of hydrogen-bond donors (Lipinski definition) is 2. The number of nitrogens with one attached hydrogen (secondary N) is 2. The highest BCUT2D eigenvalue weighted by molar-refractivity contribution is 7.80. The first-order valence-electron chi connectivity index (χ1n) is 10.1. The Kier molecular flexibility index (Phi) is 7.24. The molecule has 0 saturated carbocycles. The predicted octanol–water partition coefficient (Wildman–Crippen LogP) is 6.56. The van der Waals surface area contributed by atoms with Crippen LogP contribution in [-0.2, 0) is 13.1 Å². The van der Waals surface area contributed by atoms with Crippen molar-refractivity contribution in [1.29, 1.82) is 0 Å². The summed E-state index contributed by atoms with van der Waals surface area (Å²) in [6.45, 7) is 5.07. The molecule has 4 rings (SSSR count). The monoisotopic (exact) mass is 518 g/mol. The summed E-state index contributed by atoms with van der Waals surface area (Å²) in [7, 11) is 0. The minimum absolute atomic E-state index is 0.377. The molecule has 2 aromatic carbocycles. The van der Waals surface area contributed by atoms with Crippen LogP contribution in [-0.4, -0.2) is 24.7 Å². The van der Waals surface area contributed by atoms with Gasteiger partial charge in [0.1, 0.15) is 5.02 Å². The fourth-order valence-corrected chi connectivity index (χ4v) is 4.15. The van der Waals surface area contributed by atoms with Gasteiger partial charge in [-0.25, -0.2) is 0 Å². The number of aromatic nitrogens is 4. The molecule has 2 N–H and O–H groups in total. The first-order valence-corrected chi connectivity index (χ1v) is 11.7. The lowest BCUT2D eigenvalue weighted by Crippen LogP contribution is -2.20. The zero-order valence-corrected chi connectivity index (χ0v) is 21.0. The number of benzene rings is 2. The Morgan fingerprint density at radius 2 is 1.64 bits per heavy atom. The van der Waals surface area contributed by atoms with E-state index in [0.29, 0.717) is 39.1 Å². The van der Waals surface area contributed by atoms with Gasteiger partial charge in [-0.2, -0.15) is 10.2 Å². The van der Waals surface area contributed by atoms with Crippen LogP contribution in [0.4, 0.5) is 11.5 Å². The van der Waals surface area contributed by atoms with E-state index in [-0.39, 0.29) is 0 Å². The van der Waals surface area contributed by atoms with Gasteiger partial charge in [-0.15, -0.1) is 0 Å². The van der Waals surface area contributed by atoms with Crippen molar-refractivity contribution in [3.63, 3.8) is 0 Å². The number of rotatable bonds is 6. The Bertz CT molecular complexity index is 1300. The molecule has 0 aliphatic carbocycles. The minimum Gasteiger partial charge on any atom is -0.329 e. The van der Waals surface area contributed by atoms with Gasteiger partial charge < -0.3 is 10.6 Å². The van der Waals surface area contributed by atoms with Gasteiger partial charge in [-0.1, -0.05) is 71.2 Å². The van der Waals surface area contributed by atoms with Crippen LogP contribution in [0.1, 0.15) is 22.5 Å². The Balaban J connectivity index is 1.44. The van der Waals surface area contributed by atoms with Gasteiger partial charge >= 0.3 is 0 Å². The fourth-order valence-electron chi connectivity index (χ4n) is 3.43. The summed E-state index contributed by atoms with van der Waals surface area (Å²) in [5, 5.41) is 17.3. The van der Waals surface area contributed by atoms with Crippen molar-refractivity contribution in [2.45, 2.75) is 26.9 Å². The summed E-state index contributed by atoms with van der Waals surface area (Å²) in [6, 6.07) is 15.6. The van der Waals surface area contributed by atoms with Crippen molar-refractivity contribution in [3.05, 3.63) is 92.3 Å². The number of anilines is 2. The SMILES string of the molecule is Cc1nn(Cc2ccc(Cl)c(Cl)c2)c(C)c1NC(=S)Nc1nn(Cc2ccccc2)cc1Cl. The zero-order chi connectivity index (χ0) is 23.5. The van der Waals surface area contributed by atoms with Gasteiger partial charge in [-0.3, -0.25) is 9.36 Å². The largest absolute Gasteiger partial charge is 0.329 e. The number of hydrogen-bond acceptors (Lipinski definition) is 3. The summed E-state index contributed by atoms with van der Waals surface area (Å²) in [6.07, 6.45) is 1.77. The maximum absolute atomic E-state index is 6.37. The molecule has 4 aromatic rings. The lowest BCUT2D eigenvalue weighted by molar-refractivity contribution is 0.659. The first-order chi connectivity index (χ1) is 15.8. The van der Waals surface area contributed by atoms with Crippen LogP contribution in [0.5, 0.6) is 0 Å². The molecule has 6 nitrogen and oxygen atoms in total. The topological polar surface area (TPSA) is 59.7 Å². The molecule has 170 valence electrons. The van der Waals surface area contributed by atoms with Crippen LogP contribution in [0, 0.1) is 13.8 Å². The maximum atomic E-state index is 6.37. The van der Waals surface area contributed by atoms with E-state index in [1.54, 1.807) is 16.9 Å². The lowest BCUT2D eigenvalue weighted by atomic mass is 10.2. The highest BCUT2D eigenvalue weighted by Crippen LogP contribution is 2.26. The van der Waals surface area contributed by atoms with E-state index in [0.717, 1.165) is 28.2 Å². The highest BCUT2D eigenvalue weighted by atomic mass is 35.5. The number of nitrogens with zero attached hydrogens (tertiary/aromatic N) is 4. The zero-order valence-electron chi connectivity index (χ0n) is 17.9. The van der Waals surface area contributed by atoms with E-state index in [9.17, 15) is 0 Å². The molecule has 0 amide bonds. The van der Waals surface area contributed by atoms with E-state index >= 15 is 0 Å². The van der Waals surface area contributed by atoms with E-state index in [1.807, 2.05) is 61.0 Å². The molecule has 33 heavy (non-hydrogen) atoms. The Morgan fingerprint density at radius 3 is 2.36 bits per heavy atom. The lowest BCUT2D eigenvalue weighted by Gasteiger charge is -2.10. The van der Waals surface area contributed by atoms with Crippen molar-refractivity contribution >= 4 is 63.6 Å². The Labute approximate surface area is 212 Å². The van der Waals surface area contributed by atoms with Gasteiger partial charge in [0.15, 0.2) is 10.9 Å². The molecule has 0 aliphatic rings. The van der Waals surface area contributed by atoms with Gasteiger partial charge in [0.2, 0.25) is 0 Å². The van der Waals surface area contributed by atoms with Crippen LogP contribution in [0.3, 0.4) is 0 Å². The van der Waals surface area contributed by atoms with Crippen LogP contribution >= 0.6 is 47.0 Å². The second-order valence-corrected chi connectivity index (χ2v) is 9.17. The molecule has 0 unspecified atom stereocenters. The van der Waals surface area contributed by atoms with Crippen LogP contribution in [0.2, 0.25) is 15.1 Å². The number of thiocarbonyl (C=S) groups is 1. The van der Waals surface area contributed by atoms with Gasteiger partial charge in [-0.05, 0) is 49.3 Å². The smallest absolute Gasteiger partial charge is 0.176 e. The predicted molar refractivity (Wildman–Crippen MR) is 140 cm³/mol. The van der Waals surface area contributed by atoms with Gasteiger partial charge in [0, 0.05) is 6.20 Å². The molecule has 2 heterocycles. The normalized spacial score (nSPS) is 10.9. The van der Waals surface area contributed by atoms with Gasteiger partial charge in [0.05, 0.1) is 40.2 Å². The summed E-state index contributed by atoms with van der Waals surface area (Å²) >= 11 is 24.0. The van der Waals surface area contributed by atoms with Crippen LogP contribution < -0.4 is 10.6 Å². The molecule has 2 aromatic heterocycles. The molecule has 0 saturated heterocycles. The Hall–Kier alpha value is -2.58. The number of halogens is 3. The minimum atomic E-state index is 0.377. The van der Waals surface area contributed by atoms with Crippen molar-refractivity contribution in [2.75, 3.05) is 10.6 Å². The molecule has 0 fully saturated rings. The van der Waals surface area contributed by atoms with Crippen LogP contribution in [0.25, 0.3) is 0 Å². The van der Waals surface area contributed by atoms with E-state index in [2.05, 4.69) is 20.8 Å². The molecular formula is C23H21Cl3N6S. The summed E-state index contributed by atoms with van der Waals surface area (Å²) in [5.41, 5.74) is 4.70. The van der Waals surface area contributed by atoms with Crippen molar-refractivity contribution < 1.29 is 0 Å². The van der Waals surface area contributed by atoms with E-state index < -0.39 is 0 Å². The quantitative estimate of drug-likeness (QED) is 0.282.